The summed E-state index contributed by atoms with van der Waals surface area (Å²) in [5.41, 5.74) is 4.11. The van der Waals surface area contributed by atoms with Gasteiger partial charge >= 0.3 is 5.97 Å². The van der Waals surface area contributed by atoms with Crippen LogP contribution in [0.3, 0.4) is 0 Å². The molecule has 4 rings (SSSR count). The number of carbonyl (C=O) groups is 2. The number of piperidine rings is 1. The Balaban J connectivity index is 1.29. The number of esters is 1. The van der Waals surface area contributed by atoms with Gasteiger partial charge in [-0.3, -0.25) is 4.79 Å². The fourth-order valence-electron chi connectivity index (χ4n) is 4.48. The number of ether oxygens (including phenoxy) is 2. The van der Waals surface area contributed by atoms with Crippen molar-refractivity contribution in [1.29, 1.82) is 0 Å². The van der Waals surface area contributed by atoms with Crippen LogP contribution < -0.4 is 10.6 Å². The molecule has 1 saturated heterocycles. The predicted molar refractivity (Wildman–Crippen MR) is 118 cm³/mol. The number of benzene rings is 2. The monoisotopic (exact) mass is 422 g/mol. The molecule has 3 atom stereocenters. The van der Waals surface area contributed by atoms with E-state index >= 15 is 0 Å². The molecule has 2 aromatic rings. The summed E-state index contributed by atoms with van der Waals surface area (Å²) >= 11 is 0. The van der Waals surface area contributed by atoms with Crippen LogP contribution in [0.2, 0.25) is 0 Å². The van der Waals surface area contributed by atoms with E-state index in [0.29, 0.717) is 18.6 Å². The van der Waals surface area contributed by atoms with Gasteiger partial charge in [-0.2, -0.15) is 0 Å². The van der Waals surface area contributed by atoms with Crippen molar-refractivity contribution in [2.75, 3.05) is 13.7 Å². The van der Waals surface area contributed by atoms with Crippen LogP contribution in [0.1, 0.15) is 58.8 Å². The standard InChI is InChI=1S/C25H30N2O4/c1-30-25(29)19-11-9-17(10-12-19)16-31-20-13-14-26-23(15-20)24(28)27-22-8-4-6-18-5-2-3-7-21(18)22/h2-3,5,7,9-12,20,22-23,26H,4,6,8,13-16H2,1H3,(H,27,28). The summed E-state index contributed by atoms with van der Waals surface area (Å²) in [5.74, 6) is -0.294. The quantitative estimate of drug-likeness (QED) is 0.699. The highest BCUT2D eigenvalue weighted by Gasteiger charge is 2.30. The second-order valence-corrected chi connectivity index (χ2v) is 8.30. The molecule has 0 spiro atoms. The van der Waals surface area contributed by atoms with E-state index in [2.05, 4.69) is 28.8 Å². The minimum absolute atomic E-state index is 0.0240. The Labute approximate surface area is 183 Å². The van der Waals surface area contributed by atoms with E-state index in [1.807, 2.05) is 18.2 Å². The molecule has 6 nitrogen and oxygen atoms in total. The van der Waals surface area contributed by atoms with Crippen LogP contribution in [0, 0.1) is 0 Å². The minimum Gasteiger partial charge on any atom is -0.465 e. The Kier molecular flexibility index (Phi) is 6.99. The number of methoxy groups -OCH3 is 1. The van der Waals surface area contributed by atoms with E-state index in [4.69, 9.17) is 9.47 Å². The lowest BCUT2D eigenvalue weighted by Gasteiger charge is -2.32. The largest absolute Gasteiger partial charge is 0.465 e. The molecule has 0 aromatic heterocycles. The Morgan fingerprint density at radius 2 is 1.90 bits per heavy atom. The van der Waals surface area contributed by atoms with E-state index in [1.54, 1.807) is 12.1 Å². The lowest BCUT2D eigenvalue weighted by atomic mass is 9.87. The van der Waals surface area contributed by atoms with Gasteiger partial charge in [0, 0.05) is 0 Å². The second kappa shape index (κ2) is 10.1. The van der Waals surface area contributed by atoms with E-state index in [0.717, 1.165) is 37.8 Å². The SMILES string of the molecule is COC(=O)c1ccc(COC2CCNC(C(=O)NC3CCCc4ccccc43)C2)cc1. The van der Waals surface area contributed by atoms with Crippen molar-refractivity contribution >= 4 is 11.9 Å². The summed E-state index contributed by atoms with van der Waals surface area (Å²) in [7, 11) is 1.37. The Bertz CT molecular complexity index is 912. The third-order valence-electron chi connectivity index (χ3n) is 6.22. The number of hydrogen-bond donors (Lipinski definition) is 2. The zero-order chi connectivity index (χ0) is 21.6. The molecule has 0 saturated carbocycles. The molecule has 1 amide bonds. The van der Waals surface area contributed by atoms with Crippen LogP contribution in [0.25, 0.3) is 0 Å². The van der Waals surface area contributed by atoms with Gasteiger partial charge in [0.05, 0.1) is 37.5 Å². The van der Waals surface area contributed by atoms with Gasteiger partial charge < -0.3 is 20.1 Å². The van der Waals surface area contributed by atoms with Gasteiger partial charge in [-0.05, 0) is 67.5 Å². The van der Waals surface area contributed by atoms with Gasteiger partial charge in [-0.25, -0.2) is 4.79 Å². The third-order valence-corrected chi connectivity index (χ3v) is 6.22. The molecule has 2 aromatic carbocycles. The van der Waals surface area contributed by atoms with E-state index in [9.17, 15) is 9.59 Å². The van der Waals surface area contributed by atoms with Crippen LogP contribution in [0.5, 0.6) is 0 Å². The molecule has 6 heteroatoms. The first-order valence-electron chi connectivity index (χ1n) is 11.0. The molecule has 1 aliphatic carbocycles. The molecule has 1 aliphatic heterocycles. The average Bonchev–Trinajstić information content (AvgIpc) is 2.83. The maximum absolute atomic E-state index is 13.0. The molecule has 1 heterocycles. The lowest BCUT2D eigenvalue weighted by molar-refractivity contribution is -0.126. The van der Waals surface area contributed by atoms with Gasteiger partial charge in [-0.15, -0.1) is 0 Å². The van der Waals surface area contributed by atoms with Crippen LogP contribution in [0.15, 0.2) is 48.5 Å². The fraction of sp³-hybridized carbons (Fsp3) is 0.440. The highest BCUT2D eigenvalue weighted by molar-refractivity contribution is 5.89. The van der Waals surface area contributed by atoms with Crippen LogP contribution in [0.4, 0.5) is 0 Å². The van der Waals surface area contributed by atoms with Crippen LogP contribution in [-0.2, 0) is 27.3 Å². The number of carbonyl (C=O) groups excluding carboxylic acids is 2. The average molecular weight is 423 g/mol. The number of fused-ring (bicyclic) bond motifs is 1. The molecule has 1 fully saturated rings. The van der Waals surface area contributed by atoms with Gasteiger partial charge in [0.15, 0.2) is 0 Å². The Hall–Kier alpha value is -2.70. The van der Waals surface area contributed by atoms with E-state index in [-0.39, 0.29) is 30.1 Å². The number of hydrogen-bond acceptors (Lipinski definition) is 5. The van der Waals surface area contributed by atoms with Gasteiger partial charge in [0.25, 0.3) is 0 Å². The van der Waals surface area contributed by atoms with Gasteiger partial charge in [0.2, 0.25) is 5.91 Å². The molecule has 3 unspecified atom stereocenters. The first kappa shape index (κ1) is 21.5. The fourth-order valence-corrected chi connectivity index (χ4v) is 4.48. The zero-order valence-corrected chi connectivity index (χ0v) is 17.9. The van der Waals surface area contributed by atoms with Crippen LogP contribution >= 0.6 is 0 Å². The normalized spacial score (nSPS) is 22.9. The molecule has 31 heavy (non-hydrogen) atoms. The summed E-state index contributed by atoms with van der Waals surface area (Å²) in [5, 5.41) is 6.60. The molecular weight excluding hydrogens is 392 g/mol. The summed E-state index contributed by atoms with van der Waals surface area (Å²) in [6, 6.07) is 15.5. The van der Waals surface area contributed by atoms with Crippen molar-refractivity contribution in [3.8, 4) is 0 Å². The van der Waals surface area contributed by atoms with Gasteiger partial charge in [0.1, 0.15) is 0 Å². The van der Waals surface area contributed by atoms with Crippen molar-refractivity contribution in [3.63, 3.8) is 0 Å². The van der Waals surface area contributed by atoms with Gasteiger partial charge in [-0.1, -0.05) is 36.4 Å². The number of rotatable bonds is 6. The lowest BCUT2D eigenvalue weighted by Crippen LogP contribution is -2.51. The van der Waals surface area contributed by atoms with Crippen molar-refractivity contribution < 1.29 is 19.1 Å². The maximum Gasteiger partial charge on any atom is 0.337 e. The highest BCUT2D eigenvalue weighted by atomic mass is 16.5. The second-order valence-electron chi connectivity index (χ2n) is 8.30. The van der Waals surface area contributed by atoms with Crippen LogP contribution in [-0.4, -0.2) is 37.7 Å². The maximum atomic E-state index is 13.0. The third kappa shape index (κ3) is 5.32. The molecule has 0 radical (unpaired) electrons. The topological polar surface area (TPSA) is 76.7 Å². The minimum atomic E-state index is -0.347. The summed E-state index contributed by atoms with van der Waals surface area (Å²) in [6.45, 7) is 1.21. The molecular formula is C25H30N2O4. The van der Waals surface area contributed by atoms with Crippen molar-refractivity contribution in [1.82, 2.24) is 10.6 Å². The van der Waals surface area contributed by atoms with E-state index < -0.39 is 0 Å². The van der Waals surface area contributed by atoms with Crippen molar-refractivity contribution in [2.24, 2.45) is 0 Å². The smallest absolute Gasteiger partial charge is 0.337 e. The molecule has 2 aliphatic rings. The zero-order valence-electron chi connectivity index (χ0n) is 17.9. The summed E-state index contributed by atoms with van der Waals surface area (Å²) in [4.78, 5) is 24.5. The van der Waals surface area contributed by atoms with Crippen molar-refractivity contribution in [2.45, 2.75) is 56.9 Å². The van der Waals surface area contributed by atoms with E-state index in [1.165, 1.54) is 18.2 Å². The Morgan fingerprint density at radius 1 is 1.10 bits per heavy atom. The number of aryl methyl sites for hydroxylation is 1. The highest BCUT2D eigenvalue weighted by Crippen LogP contribution is 2.29. The molecule has 164 valence electrons. The number of amides is 1. The first-order valence-corrected chi connectivity index (χ1v) is 11.0. The summed E-state index contributed by atoms with van der Waals surface area (Å²) < 4.78 is 10.8. The predicted octanol–water partition coefficient (Wildman–Crippen LogP) is 3.30. The van der Waals surface area contributed by atoms with Crippen molar-refractivity contribution in [3.05, 3.63) is 70.8 Å². The molecule has 0 bridgehead atoms. The first-order chi connectivity index (χ1) is 15.1. The number of nitrogens with one attached hydrogen (secondary N) is 2. The summed E-state index contributed by atoms with van der Waals surface area (Å²) in [6.07, 6.45) is 4.71. The molecule has 2 N–H and O–H groups in total. The Morgan fingerprint density at radius 3 is 2.71 bits per heavy atom.